The predicted octanol–water partition coefficient (Wildman–Crippen LogP) is 4.03. The Morgan fingerprint density at radius 3 is 2.69 bits per heavy atom. The van der Waals surface area contributed by atoms with E-state index in [4.69, 9.17) is 9.84 Å². The van der Waals surface area contributed by atoms with Crippen molar-refractivity contribution in [1.82, 2.24) is 25.1 Å². The smallest absolute Gasteiger partial charge is 0.223 e. The number of aromatic nitrogens is 4. The number of anilines is 1. The van der Waals surface area contributed by atoms with Crippen LogP contribution in [0.5, 0.6) is 5.75 Å². The van der Waals surface area contributed by atoms with Crippen LogP contribution in [0.2, 0.25) is 0 Å². The van der Waals surface area contributed by atoms with Crippen LogP contribution >= 0.6 is 0 Å². The van der Waals surface area contributed by atoms with Gasteiger partial charge in [-0.05, 0) is 51.0 Å². The van der Waals surface area contributed by atoms with E-state index in [1.54, 1.807) is 4.52 Å². The number of hydrogen-bond acceptors (Lipinski definition) is 6. The first-order chi connectivity index (χ1) is 17.1. The predicted molar refractivity (Wildman–Crippen MR) is 135 cm³/mol. The van der Waals surface area contributed by atoms with Crippen LogP contribution in [0, 0.1) is 12.8 Å². The summed E-state index contributed by atoms with van der Waals surface area (Å²) in [5, 5.41) is 16.6. The average Bonchev–Trinajstić information content (AvgIpc) is 3.32. The number of hydrogen-bond donors (Lipinski definition) is 1. The summed E-state index contributed by atoms with van der Waals surface area (Å²) in [4.78, 5) is 15.1. The van der Waals surface area contributed by atoms with Crippen LogP contribution in [0.3, 0.4) is 0 Å². The number of piperidine rings is 1. The maximum absolute atomic E-state index is 12.8. The van der Waals surface area contributed by atoms with Crippen molar-refractivity contribution < 1.29 is 9.53 Å². The third kappa shape index (κ3) is 4.96. The van der Waals surface area contributed by atoms with Gasteiger partial charge in [-0.15, -0.1) is 15.3 Å². The van der Waals surface area contributed by atoms with Gasteiger partial charge in [0.1, 0.15) is 11.6 Å². The zero-order chi connectivity index (χ0) is 24.2. The van der Waals surface area contributed by atoms with Gasteiger partial charge in [-0.1, -0.05) is 42.0 Å². The Balaban J connectivity index is 1.23. The van der Waals surface area contributed by atoms with Crippen molar-refractivity contribution in [3.05, 3.63) is 71.8 Å². The number of nitrogens with zero attached hydrogens (tertiary/aromatic N) is 5. The number of nitrogens with one attached hydrogen (secondary N) is 1. The topological polar surface area (TPSA) is 84.6 Å². The molecule has 4 aromatic rings. The van der Waals surface area contributed by atoms with Crippen LogP contribution in [0.4, 0.5) is 5.82 Å². The number of rotatable bonds is 7. The number of carbonyl (C=O) groups is 1. The van der Waals surface area contributed by atoms with Gasteiger partial charge in [0.25, 0.3) is 0 Å². The Kier molecular flexibility index (Phi) is 6.61. The highest BCUT2D eigenvalue weighted by atomic mass is 16.5. The van der Waals surface area contributed by atoms with Gasteiger partial charge in [0.2, 0.25) is 5.91 Å². The van der Waals surface area contributed by atoms with Gasteiger partial charge >= 0.3 is 0 Å². The standard InChI is InChI=1S/C27H30N6O2/c1-3-35-23-10-5-4-8-22(23)18-28-27(34)20-13-15-32(16-14-20)25-12-11-24-29-30-26(33(24)31-25)21-9-6-7-19(2)17-21/h4-12,17,20H,3,13-16,18H2,1-2H3,(H,28,34). The summed E-state index contributed by atoms with van der Waals surface area (Å²) in [5.74, 6) is 2.51. The third-order valence-electron chi connectivity index (χ3n) is 6.44. The highest BCUT2D eigenvalue weighted by Gasteiger charge is 2.26. The van der Waals surface area contributed by atoms with Crippen LogP contribution in [-0.2, 0) is 11.3 Å². The molecule has 8 nitrogen and oxygen atoms in total. The Labute approximate surface area is 204 Å². The fourth-order valence-corrected chi connectivity index (χ4v) is 4.56. The van der Waals surface area contributed by atoms with Crippen LogP contribution < -0.4 is 15.0 Å². The Morgan fingerprint density at radius 1 is 1.06 bits per heavy atom. The van der Waals surface area contributed by atoms with Crippen molar-refractivity contribution >= 4 is 17.4 Å². The molecule has 35 heavy (non-hydrogen) atoms. The molecule has 3 heterocycles. The molecule has 5 rings (SSSR count). The molecule has 0 atom stereocenters. The van der Waals surface area contributed by atoms with Crippen molar-refractivity contribution in [2.75, 3.05) is 24.6 Å². The molecule has 1 aliphatic heterocycles. The van der Waals surface area contributed by atoms with Crippen LogP contribution in [0.1, 0.15) is 30.9 Å². The van der Waals surface area contributed by atoms with E-state index in [1.165, 1.54) is 0 Å². The summed E-state index contributed by atoms with van der Waals surface area (Å²) in [7, 11) is 0. The lowest BCUT2D eigenvalue weighted by Crippen LogP contribution is -2.40. The van der Waals surface area contributed by atoms with Gasteiger partial charge < -0.3 is 15.0 Å². The summed E-state index contributed by atoms with van der Waals surface area (Å²) < 4.78 is 7.47. The first kappa shape index (κ1) is 22.8. The molecule has 0 aliphatic carbocycles. The Hall–Kier alpha value is -3.94. The summed E-state index contributed by atoms with van der Waals surface area (Å²) >= 11 is 0. The van der Waals surface area contributed by atoms with Crippen LogP contribution in [0.15, 0.2) is 60.7 Å². The zero-order valence-corrected chi connectivity index (χ0v) is 20.1. The minimum atomic E-state index is -0.00740. The molecule has 1 N–H and O–H groups in total. The van der Waals surface area contributed by atoms with Crippen molar-refractivity contribution in [3.63, 3.8) is 0 Å². The van der Waals surface area contributed by atoms with E-state index in [-0.39, 0.29) is 11.8 Å². The lowest BCUT2D eigenvalue weighted by atomic mass is 9.96. The maximum Gasteiger partial charge on any atom is 0.223 e. The summed E-state index contributed by atoms with van der Waals surface area (Å²) in [6, 6.07) is 20.0. The molecule has 0 saturated carbocycles. The molecule has 0 spiro atoms. The lowest BCUT2D eigenvalue weighted by molar-refractivity contribution is -0.125. The van der Waals surface area contributed by atoms with Crippen LogP contribution in [0.25, 0.3) is 17.0 Å². The monoisotopic (exact) mass is 470 g/mol. The van der Waals surface area contributed by atoms with E-state index in [0.29, 0.717) is 18.8 Å². The molecule has 180 valence electrons. The number of ether oxygens (including phenoxy) is 1. The van der Waals surface area contributed by atoms with Gasteiger partial charge in [0.05, 0.1) is 6.61 Å². The van der Waals surface area contributed by atoms with E-state index in [1.807, 2.05) is 55.5 Å². The van der Waals surface area contributed by atoms with Crippen LogP contribution in [-0.4, -0.2) is 45.4 Å². The van der Waals surface area contributed by atoms with Crippen molar-refractivity contribution in [1.29, 1.82) is 0 Å². The molecular formula is C27H30N6O2. The number of benzene rings is 2. The number of carbonyl (C=O) groups excluding carboxylic acids is 1. The first-order valence-electron chi connectivity index (χ1n) is 12.1. The molecule has 1 fully saturated rings. The molecule has 1 saturated heterocycles. The van der Waals surface area contributed by atoms with Gasteiger partial charge in [0.15, 0.2) is 11.5 Å². The molecule has 0 bridgehead atoms. The normalized spacial score (nSPS) is 14.3. The summed E-state index contributed by atoms with van der Waals surface area (Å²) in [5.41, 5.74) is 3.86. The van der Waals surface area contributed by atoms with E-state index < -0.39 is 0 Å². The lowest BCUT2D eigenvalue weighted by Gasteiger charge is -2.32. The van der Waals surface area contributed by atoms with E-state index >= 15 is 0 Å². The number of aryl methyl sites for hydroxylation is 1. The van der Waals surface area contributed by atoms with E-state index in [9.17, 15) is 4.79 Å². The Morgan fingerprint density at radius 2 is 1.89 bits per heavy atom. The number of fused-ring (bicyclic) bond motifs is 1. The second kappa shape index (κ2) is 10.1. The number of amides is 1. The SMILES string of the molecule is CCOc1ccccc1CNC(=O)C1CCN(c2ccc3nnc(-c4cccc(C)c4)n3n2)CC1. The van der Waals surface area contributed by atoms with Gasteiger partial charge in [0, 0.05) is 36.7 Å². The van der Waals surface area contributed by atoms with Crippen molar-refractivity contribution in [2.24, 2.45) is 5.92 Å². The maximum atomic E-state index is 12.8. The fourth-order valence-electron chi connectivity index (χ4n) is 4.56. The van der Waals surface area contributed by atoms with Gasteiger partial charge in [-0.3, -0.25) is 4.79 Å². The molecule has 0 radical (unpaired) electrons. The number of para-hydroxylation sites is 1. The van der Waals surface area contributed by atoms with E-state index in [0.717, 1.165) is 60.0 Å². The molecule has 8 heteroatoms. The van der Waals surface area contributed by atoms with Gasteiger partial charge in [-0.2, -0.15) is 4.52 Å². The largest absolute Gasteiger partial charge is 0.494 e. The quantitative estimate of drug-likeness (QED) is 0.439. The zero-order valence-electron chi connectivity index (χ0n) is 20.1. The molecule has 1 aliphatic rings. The molecular weight excluding hydrogens is 440 g/mol. The van der Waals surface area contributed by atoms with Crippen molar-refractivity contribution in [2.45, 2.75) is 33.2 Å². The average molecular weight is 471 g/mol. The molecule has 0 unspecified atom stereocenters. The Bertz CT molecular complexity index is 1330. The summed E-state index contributed by atoms with van der Waals surface area (Å²) in [6.07, 6.45) is 1.57. The first-order valence-corrected chi connectivity index (χ1v) is 12.1. The highest BCUT2D eigenvalue weighted by Crippen LogP contribution is 2.25. The molecule has 2 aromatic carbocycles. The van der Waals surface area contributed by atoms with E-state index in [2.05, 4.69) is 39.5 Å². The molecule has 1 amide bonds. The molecule has 2 aromatic heterocycles. The minimum Gasteiger partial charge on any atom is -0.494 e. The minimum absolute atomic E-state index is 0.00740. The second-order valence-corrected chi connectivity index (χ2v) is 8.87. The highest BCUT2D eigenvalue weighted by molar-refractivity contribution is 5.79. The van der Waals surface area contributed by atoms with Gasteiger partial charge in [-0.25, -0.2) is 0 Å². The second-order valence-electron chi connectivity index (χ2n) is 8.87. The summed E-state index contributed by atoms with van der Waals surface area (Å²) in [6.45, 7) is 6.64. The van der Waals surface area contributed by atoms with Crippen molar-refractivity contribution in [3.8, 4) is 17.1 Å². The third-order valence-corrected chi connectivity index (χ3v) is 6.44. The fraction of sp³-hybridized carbons (Fsp3) is 0.333.